The number of benzene rings is 1. The topological polar surface area (TPSA) is 3.01 Å². The molecule has 0 spiro atoms. The molecule has 110 valence electrons. The van der Waals surface area contributed by atoms with Crippen LogP contribution in [-0.2, 0) is 0 Å². The van der Waals surface area contributed by atoms with E-state index >= 15 is 0 Å². The Morgan fingerprint density at radius 2 is 1.47 bits per heavy atom. The van der Waals surface area contributed by atoms with Gasteiger partial charge in [0.25, 0.3) is 0 Å². The normalized spacial score (nSPS) is 23.1. The van der Waals surface area contributed by atoms with E-state index in [0.717, 1.165) is 6.54 Å². The van der Waals surface area contributed by atoms with Crippen LogP contribution in [0.5, 0.6) is 0 Å². The minimum atomic E-state index is -5.42. The molecule has 0 radical (unpaired) electrons. The van der Waals surface area contributed by atoms with E-state index in [1.807, 2.05) is 0 Å². The van der Waals surface area contributed by atoms with Crippen molar-refractivity contribution >= 4 is 68.8 Å². The second-order valence-electron chi connectivity index (χ2n) is 4.34. The standard InChI is InChI=1S/C11H14N.6ClH.Sb/c1-12-9-5-8-11(12)10-6-3-2-4-7-10;;;;;;;/h2-4,6-7,11H,1,5,8-9H2;6*1H;/q+1;;;;;;;+5/p-6. The van der Waals surface area contributed by atoms with Gasteiger partial charge in [0.15, 0.2) is 6.04 Å². The first kappa shape index (κ1) is 18.5. The van der Waals surface area contributed by atoms with Gasteiger partial charge in [-0.2, -0.15) is 0 Å². The molecule has 19 heavy (non-hydrogen) atoms. The van der Waals surface area contributed by atoms with Gasteiger partial charge in [-0.05, 0) is 0 Å². The zero-order chi connectivity index (χ0) is 14.8. The summed E-state index contributed by atoms with van der Waals surface area (Å²) in [5, 5.41) is 0. The Balaban J connectivity index is 0.000000224. The molecule has 1 saturated heterocycles. The first-order valence-corrected chi connectivity index (χ1v) is 24.9. The summed E-state index contributed by atoms with van der Waals surface area (Å²) in [5.41, 5.74) is 1.41. The van der Waals surface area contributed by atoms with Gasteiger partial charge in [0.1, 0.15) is 13.3 Å². The Labute approximate surface area is 133 Å². The van der Waals surface area contributed by atoms with E-state index in [1.165, 1.54) is 18.4 Å². The average molecular weight is 495 g/mol. The van der Waals surface area contributed by atoms with E-state index in [1.54, 1.807) is 0 Å². The quantitative estimate of drug-likeness (QED) is 0.333. The SMILES string of the molecule is C=[N+]1CCCC1c1ccccc1.[Cl][Sb-]([Cl])([Cl])([Cl])([Cl])[Cl]. The van der Waals surface area contributed by atoms with Crippen LogP contribution in [0.15, 0.2) is 30.3 Å². The van der Waals surface area contributed by atoms with Crippen molar-refractivity contribution in [3.05, 3.63) is 35.9 Å². The van der Waals surface area contributed by atoms with Gasteiger partial charge >= 0.3 is 62.1 Å². The summed E-state index contributed by atoms with van der Waals surface area (Å²) in [6, 6.07) is 11.2. The van der Waals surface area contributed by atoms with E-state index in [0.29, 0.717) is 6.04 Å². The molecule has 1 nitrogen and oxygen atoms in total. The molecule has 8 heteroatoms. The molecular formula is C11H14Cl6NSb. The van der Waals surface area contributed by atoms with Crippen LogP contribution < -0.4 is 0 Å². The Morgan fingerprint density at radius 1 is 1.00 bits per heavy atom. The Bertz CT molecular complexity index is 441. The number of halogens is 6. The van der Waals surface area contributed by atoms with Crippen molar-refractivity contribution < 1.29 is 4.58 Å². The molecule has 1 fully saturated rings. The van der Waals surface area contributed by atoms with Gasteiger partial charge < -0.3 is 0 Å². The molecule has 0 aliphatic carbocycles. The van der Waals surface area contributed by atoms with Crippen LogP contribution >= 0.6 is 53.0 Å². The summed E-state index contributed by atoms with van der Waals surface area (Å²) in [6.07, 6.45) is 2.54. The fourth-order valence-corrected chi connectivity index (χ4v) is 1.88. The Hall–Kier alpha value is 1.45. The summed E-state index contributed by atoms with van der Waals surface area (Å²) < 4.78 is 2.19. The van der Waals surface area contributed by atoms with Crippen molar-refractivity contribution in [2.24, 2.45) is 0 Å². The van der Waals surface area contributed by atoms with Crippen molar-refractivity contribution in [2.75, 3.05) is 6.54 Å². The Kier molecular flexibility index (Phi) is 5.76. The van der Waals surface area contributed by atoms with Crippen LogP contribution in [0.2, 0.25) is 0 Å². The van der Waals surface area contributed by atoms with Crippen LogP contribution in [0, 0.1) is 0 Å². The maximum atomic E-state index is 5.06. The van der Waals surface area contributed by atoms with Crippen molar-refractivity contribution in [3.8, 4) is 0 Å². The number of rotatable bonds is 1. The number of hydrogen-bond acceptors (Lipinski definition) is 0. The molecule has 1 heterocycles. The Morgan fingerprint density at radius 3 is 1.84 bits per heavy atom. The molecule has 1 unspecified atom stereocenters. The van der Waals surface area contributed by atoms with Crippen molar-refractivity contribution in [1.82, 2.24) is 0 Å². The second kappa shape index (κ2) is 5.92. The summed E-state index contributed by atoms with van der Waals surface area (Å²) >= 11 is 0. The zero-order valence-electron chi connectivity index (χ0n) is 9.95. The fraction of sp³-hybridized carbons (Fsp3) is 0.364. The molecule has 0 amide bonds. The average Bonchev–Trinajstić information content (AvgIpc) is 2.61. The van der Waals surface area contributed by atoms with Crippen molar-refractivity contribution in [1.29, 1.82) is 0 Å². The van der Waals surface area contributed by atoms with Gasteiger partial charge in [0.05, 0.1) is 0 Å². The molecule has 1 atom stereocenters. The monoisotopic (exact) mass is 491 g/mol. The van der Waals surface area contributed by atoms with Crippen LogP contribution in [-0.4, -0.2) is 27.0 Å². The first-order valence-electron chi connectivity index (χ1n) is 5.51. The van der Waals surface area contributed by atoms with Gasteiger partial charge in [-0.25, -0.2) is 4.58 Å². The summed E-state index contributed by atoms with van der Waals surface area (Å²) in [4.78, 5) is 0. The molecule has 0 N–H and O–H groups in total. The van der Waals surface area contributed by atoms with E-state index in [-0.39, 0.29) is 0 Å². The van der Waals surface area contributed by atoms with Crippen LogP contribution in [0.4, 0.5) is 0 Å². The molecule has 1 aliphatic rings. The van der Waals surface area contributed by atoms with E-state index in [9.17, 15) is 0 Å². The van der Waals surface area contributed by atoms with Crippen LogP contribution in [0.3, 0.4) is 0 Å². The second-order valence-corrected chi connectivity index (χ2v) is 61.2. The molecule has 0 aromatic heterocycles. The molecule has 2 rings (SSSR count). The van der Waals surface area contributed by atoms with Crippen LogP contribution in [0.1, 0.15) is 24.4 Å². The van der Waals surface area contributed by atoms with Gasteiger partial charge in [-0.1, -0.05) is 30.3 Å². The third-order valence-electron chi connectivity index (χ3n) is 2.55. The molecular weight excluding hydrogens is 481 g/mol. The molecule has 0 bridgehead atoms. The summed E-state index contributed by atoms with van der Waals surface area (Å²) in [7, 11) is 25.0. The van der Waals surface area contributed by atoms with Gasteiger partial charge in [-0.15, -0.1) is 0 Å². The zero-order valence-corrected chi connectivity index (χ0v) is 17.0. The summed E-state index contributed by atoms with van der Waals surface area (Å²) in [6.45, 7) is 5.17. The van der Waals surface area contributed by atoms with E-state index in [4.69, 9.17) is 53.0 Å². The maximum absolute atomic E-state index is 5.42. The number of hydrogen-bond donors (Lipinski definition) is 0. The minimum absolute atomic E-state index is 0.561. The number of nitrogens with zero attached hydrogens (tertiary/aromatic N) is 1. The van der Waals surface area contributed by atoms with Gasteiger partial charge in [-0.3, -0.25) is 0 Å². The third kappa shape index (κ3) is 10.8. The molecule has 1 aliphatic heterocycles. The molecule has 1 aromatic rings. The predicted molar refractivity (Wildman–Crippen MR) is 91.5 cm³/mol. The molecule has 1 aromatic carbocycles. The summed E-state index contributed by atoms with van der Waals surface area (Å²) in [5.74, 6) is 0. The fourth-order valence-electron chi connectivity index (χ4n) is 1.88. The van der Waals surface area contributed by atoms with Crippen LogP contribution in [0.25, 0.3) is 0 Å². The predicted octanol–water partition coefficient (Wildman–Crippen LogP) is 5.99. The van der Waals surface area contributed by atoms with Crippen molar-refractivity contribution in [2.45, 2.75) is 18.9 Å². The van der Waals surface area contributed by atoms with E-state index in [2.05, 4.69) is 41.6 Å². The van der Waals surface area contributed by atoms with Gasteiger partial charge in [0, 0.05) is 18.4 Å². The molecule has 0 saturated carbocycles. The van der Waals surface area contributed by atoms with E-state index < -0.39 is 9.14 Å². The van der Waals surface area contributed by atoms with Gasteiger partial charge in [0.2, 0.25) is 0 Å². The van der Waals surface area contributed by atoms with Crippen molar-refractivity contribution in [3.63, 3.8) is 0 Å². The first-order chi connectivity index (χ1) is 8.33. The third-order valence-corrected chi connectivity index (χ3v) is 2.55.